The number of hydrazine groups is 1. The van der Waals surface area contributed by atoms with Gasteiger partial charge in [0.2, 0.25) is 0 Å². The second-order valence-electron chi connectivity index (χ2n) is 5.45. The highest BCUT2D eigenvalue weighted by molar-refractivity contribution is 9.11. The van der Waals surface area contributed by atoms with Crippen LogP contribution in [-0.4, -0.2) is 0 Å². The van der Waals surface area contributed by atoms with Crippen LogP contribution in [0.3, 0.4) is 0 Å². The maximum atomic E-state index is 5.82. The van der Waals surface area contributed by atoms with Gasteiger partial charge in [-0.05, 0) is 59.2 Å². The monoisotopic (exact) mass is 330 g/mol. The molecule has 1 heterocycles. The predicted molar refractivity (Wildman–Crippen MR) is 82.6 cm³/mol. The minimum absolute atomic E-state index is 0.328. The minimum atomic E-state index is 0.328. The number of rotatable bonds is 4. The van der Waals surface area contributed by atoms with Gasteiger partial charge in [-0.1, -0.05) is 26.2 Å². The lowest BCUT2D eigenvalue weighted by Crippen LogP contribution is -2.35. The van der Waals surface area contributed by atoms with E-state index >= 15 is 0 Å². The van der Waals surface area contributed by atoms with Crippen LogP contribution in [0.5, 0.6) is 0 Å². The van der Waals surface area contributed by atoms with Crippen molar-refractivity contribution < 1.29 is 0 Å². The Morgan fingerprint density at radius 1 is 1.56 bits per heavy atom. The lowest BCUT2D eigenvalue weighted by Gasteiger charge is -2.33. The van der Waals surface area contributed by atoms with Crippen LogP contribution in [0, 0.1) is 18.8 Å². The summed E-state index contributed by atoms with van der Waals surface area (Å²) in [5.74, 6) is 7.41. The Balaban J connectivity index is 2.12. The second-order valence-corrected chi connectivity index (χ2v) is 7.85. The summed E-state index contributed by atoms with van der Waals surface area (Å²) in [7, 11) is 0. The molecule has 0 amide bonds. The van der Waals surface area contributed by atoms with Gasteiger partial charge in [-0.2, -0.15) is 0 Å². The zero-order valence-electron chi connectivity index (χ0n) is 11.2. The van der Waals surface area contributed by atoms with Crippen molar-refractivity contribution in [2.75, 3.05) is 0 Å². The molecule has 1 aliphatic rings. The van der Waals surface area contributed by atoms with Gasteiger partial charge in [0.05, 0.1) is 9.83 Å². The maximum Gasteiger partial charge on any atom is 0.0731 e. The molecule has 102 valence electrons. The molecule has 3 atom stereocenters. The first-order chi connectivity index (χ1) is 8.65. The van der Waals surface area contributed by atoms with E-state index in [1.54, 1.807) is 0 Å². The number of halogens is 1. The third-order valence-electron chi connectivity index (χ3n) is 4.23. The standard InChI is InChI=1S/C14H23BrN2S/c1-3-10-5-4-6-11(8-10)13(17-16)12-7-9(2)14(15)18-12/h7,10-11,13,17H,3-6,8,16H2,1-2H3. The molecule has 0 saturated heterocycles. The average Bonchev–Trinajstić information content (AvgIpc) is 2.70. The van der Waals surface area contributed by atoms with Gasteiger partial charge in [-0.3, -0.25) is 11.3 Å². The van der Waals surface area contributed by atoms with Gasteiger partial charge >= 0.3 is 0 Å². The van der Waals surface area contributed by atoms with Gasteiger partial charge in [-0.25, -0.2) is 0 Å². The van der Waals surface area contributed by atoms with Crippen molar-refractivity contribution in [3.8, 4) is 0 Å². The highest BCUT2D eigenvalue weighted by atomic mass is 79.9. The molecule has 3 N–H and O–H groups in total. The van der Waals surface area contributed by atoms with E-state index in [1.807, 2.05) is 11.3 Å². The fraction of sp³-hybridized carbons (Fsp3) is 0.714. The third kappa shape index (κ3) is 3.16. The Morgan fingerprint density at radius 3 is 2.89 bits per heavy atom. The van der Waals surface area contributed by atoms with Crippen LogP contribution in [0.2, 0.25) is 0 Å². The fourth-order valence-electron chi connectivity index (χ4n) is 3.09. The molecule has 1 aliphatic carbocycles. The molecule has 1 saturated carbocycles. The molecule has 0 radical (unpaired) electrons. The van der Waals surface area contributed by atoms with Gasteiger partial charge in [0.25, 0.3) is 0 Å². The van der Waals surface area contributed by atoms with Crippen LogP contribution in [0.1, 0.15) is 55.5 Å². The molecule has 1 aromatic rings. The van der Waals surface area contributed by atoms with Crippen LogP contribution in [0.15, 0.2) is 9.85 Å². The van der Waals surface area contributed by atoms with E-state index in [1.165, 1.54) is 46.3 Å². The van der Waals surface area contributed by atoms with Crippen LogP contribution in [0.4, 0.5) is 0 Å². The van der Waals surface area contributed by atoms with Crippen LogP contribution in [0.25, 0.3) is 0 Å². The number of thiophene rings is 1. The number of nitrogens with one attached hydrogen (secondary N) is 1. The highest BCUT2D eigenvalue weighted by Gasteiger charge is 2.29. The van der Waals surface area contributed by atoms with Crippen molar-refractivity contribution in [1.82, 2.24) is 5.43 Å². The van der Waals surface area contributed by atoms with Crippen LogP contribution >= 0.6 is 27.3 Å². The normalized spacial score (nSPS) is 26.2. The Hall–Kier alpha value is 0.1000. The van der Waals surface area contributed by atoms with Gasteiger partial charge in [0, 0.05) is 4.88 Å². The van der Waals surface area contributed by atoms with Crippen molar-refractivity contribution in [2.24, 2.45) is 17.7 Å². The molecule has 4 heteroatoms. The second kappa shape index (κ2) is 6.51. The van der Waals surface area contributed by atoms with E-state index in [0.717, 1.165) is 5.92 Å². The van der Waals surface area contributed by atoms with E-state index in [2.05, 4.69) is 41.3 Å². The first-order valence-corrected chi connectivity index (χ1v) is 8.48. The highest BCUT2D eigenvalue weighted by Crippen LogP contribution is 2.41. The molecule has 18 heavy (non-hydrogen) atoms. The average molecular weight is 331 g/mol. The van der Waals surface area contributed by atoms with E-state index in [9.17, 15) is 0 Å². The van der Waals surface area contributed by atoms with Crippen molar-refractivity contribution in [3.63, 3.8) is 0 Å². The number of hydrogen-bond donors (Lipinski definition) is 2. The number of hydrogen-bond acceptors (Lipinski definition) is 3. The van der Waals surface area contributed by atoms with Gasteiger partial charge in [0.1, 0.15) is 0 Å². The summed E-state index contributed by atoms with van der Waals surface area (Å²) in [6.07, 6.45) is 6.69. The SMILES string of the molecule is CCC1CCCC(C(NN)c2cc(C)c(Br)s2)C1. The third-order valence-corrected chi connectivity index (χ3v) is 6.45. The fourth-order valence-corrected chi connectivity index (χ4v) is 4.82. The predicted octanol–water partition coefficient (Wildman–Crippen LogP) is 4.54. The van der Waals surface area contributed by atoms with E-state index in [0.29, 0.717) is 12.0 Å². The zero-order chi connectivity index (χ0) is 13.1. The summed E-state index contributed by atoms with van der Waals surface area (Å²) in [5, 5.41) is 0. The lowest BCUT2D eigenvalue weighted by atomic mass is 9.76. The Bertz CT molecular complexity index is 372. The van der Waals surface area contributed by atoms with Crippen molar-refractivity contribution in [1.29, 1.82) is 0 Å². The Morgan fingerprint density at radius 2 is 2.33 bits per heavy atom. The topological polar surface area (TPSA) is 38.0 Å². The smallest absolute Gasteiger partial charge is 0.0731 e. The number of aryl methyl sites for hydroxylation is 1. The number of nitrogens with two attached hydrogens (primary N) is 1. The summed E-state index contributed by atoms with van der Waals surface area (Å²) in [5.41, 5.74) is 4.38. The molecule has 0 spiro atoms. The summed E-state index contributed by atoms with van der Waals surface area (Å²) in [6, 6.07) is 2.60. The van der Waals surface area contributed by atoms with Gasteiger partial charge < -0.3 is 0 Å². The van der Waals surface area contributed by atoms with E-state index in [4.69, 9.17) is 5.84 Å². The summed E-state index contributed by atoms with van der Waals surface area (Å²) < 4.78 is 1.24. The molecule has 1 aromatic heterocycles. The maximum absolute atomic E-state index is 5.82. The molecule has 2 nitrogen and oxygen atoms in total. The molecule has 0 bridgehead atoms. The molecule has 2 rings (SSSR count). The summed E-state index contributed by atoms with van der Waals surface area (Å²) in [6.45, 7) is 4.46. The lowest BCUT2D eigenvalue weighted by molar-refractivity contribution is 0.212. The van der Waals surface area contributed by atoms with Gasteiger partial charge in [0.15, 0.2) is 0 Å². The van der Waals surface area contributed by atoms with Crippen LogP contribution < -0.4 is 11.3 Å². The molecular formula is C14H23BrN2S. The first-order valence-electron chi connectivity index (χ1n) is 6.87. The van der Waals surface area contributed by atoms with Crippen molar-refractivity contribution >= 4 is 27.3 Å². The summed E-state index contributed by atoms with van der Waals surface area (Å²) >= 11 is 5.44. The largest absolute Gasteiger partial charge is 0.271 e. The summed E-state index contributed by atoms with van der Waals surface area (Å²) in [4.78, 5) is 1.38. The minimum Gasteiger partial charge on any atom is -0.271 e. The van der Waals surface area contributed by atoms with Crippen LogP contribution in [-0.2, 0) is 0 Å². The Kier molecular flexibility index (Phi) is 5.24. The quantitative estimate of drug-likeness (QED) is 0.628. The van der Waals surface area contributed by atoms with Crippen molar-refractivity contribution in [3.05, 3.63) is 20.3 Å². The van der Waals surface area contributed by atoms with E-state index in [-0.39, 0.29) is 0 Å². The van der Waals surface area contributed by atoms with Gasteiger partial charge in [-0.15, -0.1) is 11.3 Å². The first kappa shape index (κ1) is 14.5. The molecule has 1 fully saturated rings. The molecule has 0 aliphatic heterocycles. The molecule has 3 unspecified atom stereocenters. The molecule has 0 aromatic carbocycles. The Labute approximate surface area is 122 Å². The van der Waals surface area contributed by atoms with E-state index < -0.39 is 0 Å². The molecular weight excluding hydrogens is 308 g/mol. The van der Waals surface area contributed by atoms with Crippen molar-refractivity contribution in [2.45, 2.75) is 52.0 Å². The zero-order valence-corrected chi connectivity index (χ0v) is 13.6.